The van der Waals surface area contributed by atoms with Gasteiger partial charge in [0, 0.05) is 13.2 Å². The van der Waals surface area contributed by atoms with Crippen LogP contribution < -0.4 is 0 Å². The number of rotatable bonds is 1. The number of hydrogen-bond donors (Lipinski definition) is 1. The summed E-state index contributed by atoms with van der Waals surface area (Å²) in [6, 6.07) is 5.39. The van der Waals surface area contributed by atoms with E-state index >= 15 is 0 Å². The highest BCUT2D eigenvalue weighted by Crippen LogP contribution is 2.24. The minimum absolute atomic E-state index is 0.123. The van der Waals surface area contributed by atoms with Gasteiger partial charge in [-0.25, -0.2) is 0 Å². The standard InChI is InChI=1S/C26H44O4S/c27-31(28,29)26-21-17-19-24-18-13-9-5-1-3-7-11-15-22-30-23-16-12-8-4-2-6-10-14-20-25(24)26/h17,19,21H,1-16,18,20,22-23H2,(H,27,28,29). The van der Waals surface area contributed by atoms with E-state index in [2.05, 4.69) is 0 Å². The van der Waals surface area contributed by atoms with Gasteiger partial charge in [-0.2, -0.15) is 8.42 Å². The molecule has 5 heteroatoms. The molecule has 1 heterocycles. The Bertz CT molecular complexity index is 699. The third kappa shape index (κ3) is 11.5. The van der Waals surface area contributed by atoms with Crippen molar-refractivity contribution in [1.82, 2.24) is 0 Å². The van der Waals surface area contributed by atoms with Crippen LogP contribution in [-0.2, 0) is 27.7 Å². The lowest BCUT2D eigenvalue weighted by Crippen LogP contribution is -2.07. The van der Waals surface area contributed by atoms with E-state index in [-0.39, 0.29) is 4.90 Å². The van der Waals surface area contributed by atoms with E-state index in [4.69, 9.17) is 4.74 Å². The summed E-state index contributed by atoms with van der Waals surface area (Å²) in [5.74, 6) is 0. The van der Waals surface area contributed by atoms with Gasteiger partial charge in [-0.15, -0.1) is 0 Å². The highest BCUT2D eigenvalue weighted by molar-refractivity contribution is 7.85. The van der Waals surface area contributed by atoms with Gasteiger partial charge in [0.2, 0.25) is 0 Å². The van der Waals surface area contributed by atoms with Crippen LogP contribution >= 0.6 is 0 Å². The maximum absolute atomic E-state index is 11.9. The molecule has 0 amide bonds. The van der Waals surface area contributed by atoms with Gasteiger partial charge in [0.05, 0.1) is 4.90 Å². The van der Waals surface area contributed by atoms with Gasteiger partial charge in [-0.3, -0.25) is 4.55 Å². The van der Waals surface area contributed by atoms with Crippen LogP contribution in [0.2, 0.25) is 0 Å². The number of fused-ring (bicyclic) bond motifs is 1. The zero-order chi connectivity index (χ0) is 22.2. The molecule has 1 aromatic rings. The predicted octanol–water partition coefficient (Wildman–Crippen LogP) is 7.29. The lowest BCUT2D eigenvalue weighted by Gasteiger charge is -2.14. The van der Waals surface area contributed by atoms with E-state index in [0.29, 0.717) is 0 Å². The van der Waals surface area contributed by atoms with Crippen molar-refractivity contribution in [1.29, 1.82) is 0 Å². The van der Waals surface area contributed by atoms with Crippen LogP contribution in [0, 0.1) is 0 Å². The maximum atomic E-state index is 11.9. The first-order chi connectivity index (χ1) is 15.1. The molecule has 0 saturated heterocycles. The fourth-order valence-corrected chi connectivity index (χ4v) is 5.41. The SMILES string of the molecule is O=S(=O)(O)c1cccc2c1CCCCCCCCCCOCCCCCCCCCC2. The van der Waals surface area contributed by atoms with Crippen LogP contribution in [0.25, 0.3) is 0 Å². The molecular weight excluding hydrogens is 408 g/mol. The van der Waals surface area contributed by atoms with E-state index < -0.39 is 10.1 Å². The summed E-state index contributed by atoms with van der Waals surface area (Å²) in [5.41, 5.74) is 1.96. The van der Waals surface area contributed by atoms with Crippen LogP contribution in [0.1, 0.15) is 114 Å². The summed E-state index contributed by atoms with van der Waals surface area (Å²) >= 11 is 0. The third-order valence-corrected chi connectivity index (χ3v) is 7.40. The Kier molecular flexibility index (Phi) is 13.4. The quantitative estimate of drug-likeness (QED) is 0.454. The van der Waals surface area contributed by atoms with Crippen LogP contribution in [-0.4, -0.2) is 26.2 Å². The topological polar surface area (TPSA) is 63.6 Å². The van der Waals surface area contributed by atoms with E-state index in [0.717, 1.165) is 56.4 Å². The van der Waals surface area contributed by atoms with Gasteiger partial charge in [-0.05, 0) is 55.7 Å². The second-order valence-electron chi connectivity index (χ2n) is 9.14. The van der Waals surface area contributed by atoms with Crippen molar-refractivity contribution in [3.8, 4) is 0 Å². The first-order valence-electron chi connectivity index (χ1n) is 12.7. The first-order valence-corrected chi connectivity index (χ1v) is 14.2. The second kappa shape index (κ2) is 15.8. The smallest absolute Gasteiger partial charge is 0.294 e. The summed E-state index contributed by atoms with van der Waals surface area (Å²) in [6.07, 6.45) is 21.0. The molecule has 31 heavy (non-hydrogen) atoms. The molecule has 0 radical (unpaired) electrons. The molecular formula is C26H44O4S. The number of ether oxygens (including phenoxy) is 1. The van der Waals surface area contributed by atoms with Gasteiger partial charge in [-0.1, -0.05) is 89.2 Å². The third-order valence-electron chi connectivity index (χ3n) is 6.46. The van der Waals surface area contributed by atoms with Crippen molar-refractivity contribution in [2.45, 2.75) is 120 Å². The van der Waals surface area contributed by atoms with Crippen LogP contribution in [0.3, 0.4) is 0 Å². The molecule has 1 N–H and O–H groups in total. The summed E-state index contributed by atoms with van der Waals surface area (Å²) < 4.78 is 39.3. The van der Waals surface area contributed by atoms with Crippen LogP contribution in [0.4, 0.5) is 0 Å². The van der Waals surface area contributed by atoms with E-state index in [1.54, 1.807) is 12.1 Å². The lowest BCUT2D eigenvalue weighted by molar-refractivity contribution is 0.125. The van der Waals surface area contributed by atoms with Crippen molar-refractivity contribution in [2.24, 2.45) is 0 Å². The number of aryl methyl sites for hydroxylation is 1. The predicted molar refractivity (Wildman–Crippen MR) is 128 cm³/mol. The molecule has 1 aromatic carbocycles. The monoisotopic (exact) mass is 452 g/mol. The van der Waals surface area contributed by atoms with Gasteiger partial charge >= 0.3 is 0 Å². The zero-order valence-corrected chi connectivity index (χ0v) is 20.3. The number of hydrogen-bond acceptors (Lipinski definition) is 3. The molecule has 0 aromatic heterocycles. The van der Waals surface area contributed by atoms with Crippen molar-refractivity contribution in [3.05, 3.63) is 29.3 Å². The highest BCUT2D eigenvalue weighted by Gasteiger charge is 2.17. The van der Waals surface area contributed by atoms with E-state index in [1.165, 1.54) is 83.5 Å². The van der Waals surface area contributed by atoms with Gasteiger partial charge in [0.1, 0.15) is 0 Å². The molecule has 0 atom stereocenters. The molecule has 0 saturated carbocycles. The molecule has 0 bridgehead atoms. The largest absolute Gasteiger partial charge is 0.381 e. The zero-order valence-electron chi connectivity index (χ0n) is 19.5. The van der Waals surface area contributed by atoms with Gasteiger partial charge in [0.25, 0.3) is 10.1 Å². The number of benzene rings is 1. The van der Waals surface area contributed by atoms with Crippen molar-refractivity contribution in [3.63, 3.8) is 0 Å². The molecule has 4 nitrogen and oxygen atoms in total. The second-order valence-corrected chi connectivity index (χ2v) is 10.5. The Morgan fingerprint density at radius 3 is 1.58 bits per heavy atom. The highest BCUT2D eigenvalue weighted by atomic mass is 32.2. The molecule has 0 fully saturated rings. The molecule has 0 spiro atoms. The van der Waals surface area contributed by atoms with Crippen LogP contribution in [0.15, 0.2) is 23.1 Å². The fourth-order valence-electron chi connectivity index (χ4n) is 4.62. The fraction of sp³-hybridized carbons (Fsp3) is 0.769. The molecule has 0 unspecified atom stereocenters. The Hall–Kier alpha value is -0.910. The van der Waals surface area contributed by atoms with Crippen molar-refractivity contribution in [2.75, 3.05) is 13.2 Å². The van der Waals surface area contributed by atoms with Crippen molar-refractivity contribution >= 4 is 10.1 Å². The van der Waals surface area contributed by atoms with E-state index in [9.17, 15) is 13.0 Å². The summed E-state index contributed by atoms with van der Waals surface area (Å²) in [4.78, 5) is 0.123. The molecule has 1 aliphatic rings. The normalized spacial score (nSPS) is 20.5. The molecule has 1 aliphatic heterocycles. The van der Waals surface area contributed by atoms with Gasteiger partial charge < -0.3 is 4.74 Å². The molecule has 0 aliphatic carbocycles. The first kappa shape index (κ1) is 26.3. The minimum atomic E-state index is -4.17. The lowest BCUT2D eigenvalue weighted by atomic mass is 9.96. The molecule has 178 valence electrons. The average Bonchev–Trinajstić information content (AvgIpc) is 2.74. The summed E-state index contributed by atoms with van der Waals surface area (Å²) in [6.45, 7) is 1.83. The Morgan fingerprint density at radius 1 is 0.613 bits per heavy atom. The Balaban J connectivity index is 1.91. The Morgan fingerprint density at radius 2 is 1.06 bits per heavy atom. The van der Waals surface area contributed by atoms with Crippen LogP contribution in [0.5, 0.6) is 0 Å². The van der Waals surface area contributed by atoms with E-state index in [1.807, 2.05) is 6.07 Å². The minimum Gasteiger partial charge on any atom is -0.381 e. The summed E-state index contributed by atoms with van der Waals surface area (Å²) in [7, 11) is -4.17. The average molecular weight is 453 g/mol. The summed E-state index contributed by atoms with van der Waals surface area (Å²) in [5, 5.41) is 0. The van der Waals surface area contributed by atoms with Crippen molar-refractivity contribution < 1.29 is 17.7 Å². The van der Waals surface area contributed by atoms with Gasteiger partial charge in [0.15, 0.2) is 0 Å². The Labute approximate surface area is 190 Å². The maximum Gasteiger partial charge on any atom is 0.294 e. The molecule has 2 rings (SSSR count).